The van der Waals surface area contributed by atoms with Gasteiger partial charge in [0.05, 0.1) is 17.1 Å². The van der Waals surface area contributed by atoms with Crippen molar-refractivity contribution in [2.24, 2.45) is 0 Å². The van der Waals surface area contributed by atoms with Gasteiger partial charge in [-0.25, -0.2) is 8.78 Å². The van der Waals surface area contributed by atoms with Gasteiger partial charge in [0.15, 0.2) is 0 Å². The first-order valence-electron chi connectivity index (χ1n) is 7.14. The van der Waals surface area contributed by atoms with Crippen molar-refractivity contribution in [1.82, 2.24) is 0 Å². The van der Waals surface area contributed by atoms with E-state index in [9.17, 15) is 8.78 Å². The summed E-state index contributed by atoms with van der Waals surface area (Å²) in [5.74, 6) is -0.608. The fourth-order valence-electron chi connectivity index (χ4n) is 2.69. The van der Waals surface area contributed by atoms with Gasteiger partial charge in [-0.15, -0.1) is 0 Å². The molecule has 0 atom stereocenters. The quantitative estimate of drug-likeness (QED) is 0.837. The number of nitrogen functional groups attached to an aromatic ring is 2. The number of hydrogen-bond donors (Lipinski definition) is 2. The summed E-state index contributed by atoms with van der Waals surface area (Å²) in [5, 5.41) is 0. The summed E-state index contributed by atoms with van der Waals surface area (Å²) in [6.45, 7) is 2.79. The van der Waals surface area contributed by atoms with Gasteiger partial charge in [-0.05, 0) is 30.3 Å². The largest absolute Gasteiger partial charge is 0.397 e. The van der Waals surface area contributed by atoms with Gasteiger partial charge in [0.25, 0.3) is 0 Å². The summed E-state index contributed by atoms with van der Waals surface area (Å²) in [6, 6.07) is 9.25. The van der Waals surface area contributed by atoms with Crippen LogP contribution in [0.1, 0.15) is 0 Å². The third kappa shape index (κ3) is 2.77. The first-order chi connectivity index (χ1) is 10.5. The molecule has 0 saturated carbocycles. The summed E-state index contributed by atoms with van der Waals surface area (Å²) >= 11 is 0. The van der Waals surface area contributed by atoms with Crippen molar-refractivity contribution in [2.45, 2.75) is 0 Å². The summed E-state index contributed by atoms with van der Waals surface area (Å²) in [6.07, 6.45) is 0. The lowest BCUT2D eigenvalue weighted by Gasteiger charge is -2.37. The Labute approximate surface area is 127 Å². The predicted molar refractivity (Wildman–Crippen MR) is 86.1 cm³/mol. The van der Waals surface area contributed by atoms with Crippen LogP contribution in [0.25, 0.3) is 0 Å². The Balaban J connectivity index is 1.72. The molecule has 2 aromatic carbocycles. The zero-order chi connectivity index (χ0) is 15.7. The highest BCUT2D eigenvalue weighted by molar-refractivity contribution is 5.70. The average Bonchev–Trinajstić information content (AvgIpc) is 2.52. The molecule has 0 aliphatic carbocycles. The maximum Gasteiger partial charge on any atom is 0.148 e. The monoisotopic (exact) mass is 304 g/mol. The number of halogens is 2. The maximum atomic E-state index is 14.0. The highest BCUT2D eigenvalue weighted by atomic mass is 19.1. The topological polar surface area (TPSA) is 58.5 Å². The molecule has 0 spiro atoms. The van der Waals surface area contributed by atoms with E-state index in [1.807, 2.05) is 4.90 Å². The van der Waals surface area contributed by atoms with Crippen LogP contribution in [-0.2, 0) is 0 Å². The Hall–Kier alpha value is -2.50. The first kappa shape index (κ1) is 14.4. The van der Waals surface area contributed by atoms with E-state index >= 15 is 0 Å². The van der Waals surface area contributed by atoms with Crippen molar-refractivity contribution in [1.29, 1.82) is 0 Å². The van der Waals surface area contributed by atoms with Gasteiger partial charge < -0.3 is 21.3 Å². The maximum absolute atomic E-state index is 14.0. The third-order valence-corrected chi connectivity index (χ3v) is 3.96. The fourth-order valence-corrected chi connectivity index (χ4v) is 2.69. The Morgan fingerprint density at radius 1 is 0.773 bits per heavy atom. The average molecular weight is 304 g/mol. The van der Waals surface area contributed by atoms with Crippen LogP contribution in [0.2, 0.25) is 0 Å². The Morgan fingerprint density at radius 2 is 1.32 bits per heavy atom. The summed E-state index contributed by atoms with van der Waals surface area (Å²) in [7, 11) is 0. The molecule has 6 heteroatoms. The van der Waals surface area contributed by atoms with Gasteiger partial charge in [0.2, 0.25) is 0 Å². The van der Waals surface area contributed by atoms with Crippen LogP contribution in [0.15, 0.2) is 36.4 Å². The molecule has 116 valence electrons. The number of piperazine rings is 1. The zero-order valence-corrected chi connectivity index (χ0v) is 12.1. The lowest BCUT2D eigenvalue weighted by molar-refractivity contribution is 0.597. The molecule has 22 heavy (non-hydrogen) atoms. The van der Waals surface area contributed by atoms with Crippen molar-refractivity contribution < 1.29 is 8.78 Å². The minimum atomic E-state index is -0.359. The van der Waals surface area contributed by atoms with E-state index in [0.29, 0.717) is 24.5 Å². The van der Waals surface area contributed by atoms with Gasteiger partial charge in [-0.2, -0.15) is 0 Å². The van der Waals surface area contributed by atoms with E-state index in [4.69, 9.17) is 11.5 Å². The molecule has 1 aliphatic heterocycles. The van der Waals surface area contributed by atoms with Crippen LogP contribution < -0.4 is 21.3 Å². The minimum absolute atomic E-state index is 0.248. The second kappa shape index (κ2) is 5.71. The molecule has 2 aromatic rings. The van der Waals surface area contributed by atoms with Crippen LogP contribution in [0.5, 0.6) is 0 Å². The summed E-state index contributed by atoms with van der Waals surface area (Å²) in [5.41, 5.74) is 13.5. The summed E-state index contributed by atoms with van der Waals surface area (Å²) in [4.78, 5) is 4.10. The van der Waals surface area contributed by atoms with E-state index in [-0.39, 0.29) is 17.3 Å². The molecule has 4 nitrogen and oxygen atoms in total. The van der Waals surface area contributed by atoms with E-state index in [2.05, 4.69) is 4.90 Å². The van der Waals surface area contributed by atoms with Crippen LogP contribution in [0, 0.1) is 11.6 Å². The molecule has 1 saturated heterocycles. The third-order valence-electron chi connectivity index (χ3n) is 3.96. The Bertz CT molecular complexity index is 665. The molecular formula is C16H18F2N4. The molecule has 1 heterocycles. The molecule has 0 unspecified atom stereocenters. The van der Waals surface area contributed by atoms with Crippen LogP contribution in [0.3, 0.4) is 0 Å². The van der Waals surface area contributed by atoms with Crippen molar-refractivity contribution in [3.05, 3.63) is 48.0 Å². The smallest absolute Gasteiger partial charge is 0.148 e. The number of nitrogens with zero attached hydrogens (tertiary/aromatic N) is 2. The predicted octanol–water partition coefficient (Wildman–Crippen LogP) is 2.46. The second-order valence-electron chi connectivity index (χ2n) is 5.38. The lowest BCUT2D eigenvalue weighted by atomic mass is 10.2. The van der Waals surface area contributed by atoms with E-state index in [0.717, 1.165) is 18.8 Å². The fraction of sp³-hybridized carbons (Fsp3) is 0.250. The SMILES string of the molecule is Nc1cc(F)c(N2CCN(c3ccc(F)cc3)CC2)cc1N. The van der Waals surface area contributed by atoms with Crippen LogP contribution >= 0.6 is 0 Å². The van der Waals surface area contributed by atoms with Gasteiger partial charge in [-0.1, -0.05) is 0 Å². The van der Waals surface area contributed by atoms with E-state index in [1.54, 1.807) is 18.2 Å². The molecule has 0 radical (unpaired) electrons. The van der Waals surface area contributed by atoms with Gasteiger partial charge in [0, 0.05) is 37.9 Å². The standard InChI is InChI=1S/C16H18F2N4/c17-11-1-3-12(4-2-11)21-5-7-22(8-6-21)16-10-15(20)14(19)9-13(16)18/h1-4,9-10H,5-8,19-20H2. The minimum Gasteiger partial charge on any atom is -0.397 e. The van der Waals surface area contributed by atoms with Gasteiger partial charge in [-0.3, -0.25) is 0 Å². The molecule has 4 N–H and O–H groups in total. The number of nitrogens with two attached hydrogens (primary N) is 2. The molecule has 1 aliphatic rings. The summed E-state index contributed by atoms with van der Waals surface area (Å²) < 4.78 is 27.0. The Kier molecular flexibility index (Phi) is 3.75. The molecule has 3 rings (SSSR count). The van der Waals surface area contributed by atoms with Gasteiger partial charge in [0.1, 0.15) is 11.6 Å². The first-order valence-corrected chi connectivity index (χ1v) is 7.14. The molecule has 0 amide bonds. The highest BCUT2D eigenvalue weighted by Crippen LogP contribution is 2.28. The normalized spacial score (nSPS) is 15.2. The zero-order valence-electron chi connectivity index (χ0n) is 12.1. The number of benzene rings is 2. The van der Waals surface area contributed by atoms with E-state index < -0.39 is 0 Å². The van der Waals surface area contributed by atoms with Crippen LogP contribution in [-0.4, -0.2) is 26.2 Å². The van der Waals surface area contributed by atoms with Crippen LogP contribution in [0.4, 0.5) is 31.5 Å². The van der Waals surface area contributed by atoms with Crippen molar-refractivity contribution >= 4 is 22.7 Å². The molecule has 1 fully saturated rings. The van der Waals surface area contributed by atoms with Crippen molar-refractivity contribution in [3.63, 3.8) is 0 Å². The van der Waals surface area contributed by atoms with Gasteiger partial charge >= 0.3 is 0 Å². The lowest BCUT2D eigenvalue weighted by Crippen LogP contribution is -2.46. The van der Waals surface area contributed by atoms with Crippen molar-refractivity contribution in [2.75, 3.05) is 47.4 Å². The van der Waals surface area contributed by atoms with E-state index in [1.165, 1.54) is 18.2 Å². The second-order valence-corrected chi connectivity index (χ2v) is 5.38. The number of hydrogen-bond acceptors (Lipinski definition) is 4. The molecular weight excluding hydrogens is 286 g/mol. The van der Waals surface area contributed by atoms with Crippen molar-refractivity contribution in [3.8, 4) is 0 Å². The number of rotatable bonds is 2. The molecule has 0 aromatic heterocycles. The Morgan fingerprint density at radius 3 is 1.95 bits per heavy atom. The highest BCUT2D eigenvalue weighted by Gasteiger charge is 2.20. The number of anilines is 4. The molecule has 0 bridgehead atoms.